The minimum absolute atomic E-state index is 0.0298. The molecule has 0 N–H and O–H groups in total. The zero-order valence-electron chi connectivity index (χ0n) is 11.1. The van der Waals surface area contributed by atoms with Crippen LogP contribution < -0.4 is 4.74 Å². The number of hydrogen-bond acceptors (Lipinski definition) is 5. The van der Waals surface area contributed by atoms with Crippen LogP contribution in [0.15, 0.2) is 28.7 Å². The van der Waals surface area contributed by atoms with Gasteiger partial charge in [0, 0.05) is 0 Å². The van der Waals surface area contributed by atoms with Gasteiger partial charge in [-0.3, -0.25) is 0 Å². The van der Waals surface area contributed by atoms with Crippen molar-refractivity contribution in [2.75, 3.05) is 7.11 Å². The molecular weight excluding hydrogens is 246 g/mol. The van der Waals surface area contributed by atoms with Gasteiger partial charge in [-0.15, -0.1) is 0 Å². The molecule has 0 aliphatic carbocycles. The molecule has 19 heavy (non-hydrogen) atoms. The van der Waals surface area contributed by atoms with E-state index in [1.165, 1.54) is 12.7 Å². The van der Waals surface area contributed by atoms with Crippen molar-refractivity contribution >= 4 is 5.97 Å². The summed E-state index contributed by atoms with van der Waals surface area (Å²) in [6.07, 6.45) is 0.993. The molecule has 0 unspecified atom stereocenters. The molecule has 2 aromatic rings. The molecule has 0 spiro atoms. The van der Waals surface area contributed by atoms with Crippen molar-refractivity contribution < 1.29 is 18.7 Å². The smallest absolute Gasteiger partial charge is 0.400 e. The molecular formula is C14H15NO4. The average molecular weight is 261 g/mol. The first kappa shape index (κ1) is 13.1. The number of methoxy groups -OCH3 is 1. The second kappa shape index (κ2) is 5.56. The molecule has 1 aromatic heterocycles. The Bertz CT molecular complexity index is 572. The zero-order chi connectivity index (χ0) is 13.8. The molecule has 0 saturated heterocycles. The van der Waals surface area contributed by atoms with E-state index in [1.54, 1.807) is 6.92 Å². The number of ether oxygens (including phenoxy) is 2. The highest BCUT2D eigenvalue weighted by Gasteiger charge is 2.18. The van der Waals surface area contributed by atoms with Gasteiger partial charge in [-0.25, -0.2) is 4.79 Å². The van der Waals surface area contributed by atoms with E-state index in [2.05, 4.69) is 16.6 Å². The van der Waals surface area contributed by atoms with Crippen molar-refractivity contribution in [3.8, 4) is 11.8 Å². The van der Waals surface area contributed by atoms with Gasteiger partial charge in [0.1, 0.15) is 11.5 Å². The number of carbonyl (C=O) groups is 1. The van der Waals surface area contributed by atoms with Crippen LogP contribution in [-0.4, -0.2) is 18.1 Å². The lowest BCUT2D eigenvalue weighted by atomic mass is 10.2. The van der Waals surface area contributed by atoms with Crippen molar-refractivity contribution in [3.63, 3.8) is 0 Å². The van der Waals surface area contributed by atoms with Crippen LogP contribution in [0.1, 0.15) is 28.7 Å². The fraction of sp³-hybridized carbons (Fsp3) is 0.286. The molecule has 1 heterocycles. The highest BCUT2D eigenvalue weighted by Crippen LogP contribution is 2.23. The van der Waals surface area contributed by atoms with Crippen LogP contribution in [0, 0.1) is 6.92 Å². The van der Waals surface area contributed by atoms with E-state index in [0.29, 0.717) is 11.5 Å². The third kappa shape index (κ3) is 2.93. The normalized spacial score (nSPS) is 10.3. The standard InChI is InChI=1S/C14H15NO4/c1-4-10-5-7-11(8-6-10)19-14-15-12(9(2)18-14)13(16)17-3/h5-8H,4H2,1-3H3. The van der Waals surface area contributed by atoms with Gasteiger partial charge in [0.05, 0.1) is 7.11 Å². The van der Waals surface area contributed by atoms with E-state index >= 15 is 0 Å². The van der Waals surface area contributed by atoms with Crippen molar-refractivity contribution in [3.05, 3.63) is 41.3 Å². The molecule has 0 aliphatic rings. The number of nitrogens with zero attached hydrogens (tertiary/aromatic N) is 1. The van der Waals surface area contributed by atoms with Gasteiger partial charge < -0.3 is 13.9 Å². The van der Waals surface area contributed by atoms with Crippen molar-refractivity contribution in [2.45, 2.75) is 20.3 Å². The number of oxazole rings is 1. The fourth-order valence-corrected chi connectivity index (χ4v) is 1.60. The summed E-state index contributed by atoms with van der Waals surface area (Å²) in [6, 6.07) is 7.59. The Hall–Kier alpha value is -2.30. The van der Waals surface area contributed by atoms with Crippen LogP contribution in [0.5, 0.6) is 11.8 Å². The summed E-state index contributed by atoms with van der Waals surface area (Å²) in [4.78, 5) is 15.3. The maximum Gasteiger partial charge on any atom is 0.400 e. The van der Waals surface area contributed by atoms with Crippen LogP contribution in [0.4, 0.5) is 0 Å². The van der Waals surface area contributed by atoms with E-state index in [4.69, 9.17) is 9.15 Å². The number of benzene rings is 1. The quantitative estimate of drug-likeness (QED) is 0.791. The molecule has 5 nitrogen and oxygen atoms in total. The zero-order valence-corrected chi connectivity index (χ0v) is 11.1. The van der Waals surface area contributed by atoms with Gasteiger partial charge in [0.15, 0.2) is 5.69 Å². The van der Waals surface area contributed by atoms with Crippen molar-refractivity contribution in [1.82, 2.24) is 4.98 Å². The van der Waals surface area contributed by atoms with E-state index in [9.17, 15) is 4.79 Å². The lowest BCUT2D eigenvalue weighted by Gasteiger charge is -2.01. The predicted octanol–water partition coefficient (Wildman–Crippen LogP) is 3.12. The summed E-state index contributed by atoms with van der Waals surface area (Å²) in [6.45, 7) is 3.71. The first-order chi connectivity index (χ1) is 9.13. The summed E-state index contributed by atoms with van der Waals surface area (Å²) < 4.78 is 15.3. The van der Waals surface area contributed by atoms with Gasteiger partial charge in [0.2, 0.25) is 0 Å². The van der Waals surface area contributed by atoms with E-state index in [1.807, 2.05) is 24.3 Å². The maximum atomic E-state index is 11.4. The molecule has 0 radical (unpaired) electrons. The van der Waals surface area contributed by atoms with E-state index < -0.39 is 5.97 Å². The van der Waals surface area contributed by atoms with E-state index in [-0.39, 0.29) is 11.8 Å². The van der Waals surface area contributed by atoms with Crippen molar-refractivity contribution in [1.29, 1.82) is 0 Å². The number of aryl methyl sites for hydroxylation is 2. The van der Waals surface area contributed by atoms with Gasteiger partial charge in [-0.1, -0.05) is 19.1 Å². The van der Waals surface area contributed by atoms with Crippen molar-refractivity contribution in [2.24, 2.45) is 0 Å². The number of aromatic nitrogens is 1. The Labute approximate surface area is 111 Å². The molecule has 0 fully saturated rings. The largest absolute Gasteiger partial charge is 0.464 e. The number of carbonyl (C=O) groups excluding carboxylic acids is 1. The molecule has 0 bridgehead atoms. The second-order valence-electron chi connectivity index (χ2n) is 3.98. The molecule has 100 valence electrons. The fourth-order valence-electron chi connectivity index (χ4n) is 1.60. The topological polar surface area (TPSA) is 61.6 Å². The van der Waals surface area contributed by atoms with E-state index in [0.717, 1.165) is 6.42 Å². The van der Waals surface area contributed by atoms with Gasteiger partial charge in [0.25, 0.3) is 0 Å². The van der Waals surface area contributed by atoms with Crippen LogP contribution in [0.25, 0.3) is 0 Å². The Kier molecular flexibility index (Phi) is 3.85. The van der Waals surface area contributed by atoms with Crippen LogP contribution in [-0.2, 0) is 11.2 Å². The number of esters is 1. The summed E-state index contributed by atoms with van der Waals surface area (Å²) in [5.74, 6) is 0.430. The van der Waals surface area contributed by atoms with Gasteiger partial charge in [-0.05, 0) is 31.0 Å². The average Bonchev–Trinajstić information content (AvgIpc) is 2.79. The Balaban J connectivity index is 2.16. The Morgan fingerprint density at radius 2 is 2.00 bits per heavy atom. The Morgan fingerprint density at radius 3 is 2.58 bits per heavy atom. The molecule has 0 atom stereocenters. The third-order valence-electron chi connectivity index (χ3n) is 2.69. The predicted molar refractivity (Wildman–Crippen MR) is 68.5 cm³/mol. The summed E-state index contributed by atoms with van der Waals surface area (Å²) in [7, 11) is 1.29. The molecule has 2 rings (SSSR count). The third-order valence-corrected chi connectivity index (χ3v) is 2.69. The lowest BCUT2D eigenvalue weighted by molar-refractivity contribution is 0.0592. The minimum Gasteiger partial charge on any atom is -0.464 e. The Morgan fingerprint density at radius 1 is 1.32 bits per heavy atom. The molecule has 0 saturated carbocycles. The summed E-state index contributed by atoms with van der Waals surface area (Å²) in [5, 5.41) is 0. The highest BCUT2D eigenvalue weighted by atomic mass is 16.6. The van der Waals surface area contributed by atoms with Gasteiger partial charge >= 0.3 is 12.0 Å². The van der Waals surface area contributed by atoms with Crippen LogP contribution in [0.3, 0.4) is 0 Å². The highest BCUT2D eigenvalue weighted by molar-refractivity contribution is 5.88. The molecule has 0 amide bonds. The van der Waals surface area contributed by atoms with Crippen LogP contribution >= 0.6 is 0 Å². The first-order valence-corrected chi connectivity index (χ1v) is 5.96. The molecule has 1 aromatic carbocycles. The molecule has 5 heteroatoms. The van der Waals surface area contributed by atoms with Gasteiger partial charge in [-0.2, -0.15) is 4.98 Å². The SMILES string of the molecule is CCc1ccc(Oc2nc(C(=O)OC)c(C)o2)cc1. The van der Waals surface area contributed by atoms with Crippen LogP contribution in [0.2, 0.25) is 0 Å². The lowest BCUT2D eigenvalue weighted by Crippen LogP contribution is -2.03. The summed E-state index contributed by atoms with van der Waals surface area (Å²) in [5.41, 5.74) is 1.34. The molecule has 0 aliphatic heterocycles. The summed E-state index contributed by atoms with van der Waals surface area (Å²) >= 11 is 0. The first-order valence-electron chi connectivity index (χ1n) is 5.96. The monoisotopic (exact) mass is 261 g/mol. The number of hydrogen-bond donors (Lipinski definition) is 0. The second-order valence-corrected chi connectivity index (χ2v) is 3.98. The minimum atomic E-state index is -0.544. The maximum absolute atomic E-state index is 11.4. The number of rotatable bonds is 4.